The number of carbonyl (C=O) groups is 2. The summed E-state index contributed by atoms with van der Waals surface area (Å²) in [6.07, 6.45) is 3.34. The van der Waals surface area contributed by atoms with Crippen LogP contribution < -0.4 is 9.64 Å². The number of ether oxygens (including phenoxy) is 1. The second-order valence-electron chi connectivity index (χ2n) is 12.7. The van der Waals surface area contributed by atoms with Crippen molar-refractivity contribution in [2.75, 3.05) is 18.1 Å². The van der Waals surface area contributed by atoms with Gasteiger partial charge in [0.1, 0.15) is 11.4 Å². The lowest BCUT2D eigenvalue weighted by atomic mass is 9.98. The number of hydrogen-bond acceptors (Lipinski definition) is 5. The van der Waals surface area contributed by atoms with E-state index in [0.717, 1.165) is 60.9 Å². The summed E-state index contributed by atoms with van der Waals surface area (Å²) in [5, 5.41) is 24.4. The highest BCUT2D eigenvalue weighted by molar-refractivity contribution is 6.35. The largest absolute Gasteiger partial charge is 0.494 e. The predicted molar refractivity (Wildman–Crippen MR) is 193 cm³/mol. The monoisotopic (exact) mass is 698 g/mol. The average Bonchev–Trinajstić information content (AvgIpc) is 3.69. The van der Waals surface area contributed by atoms with Crippen LogP contribution in [-0.2, 0) is 20.0 Å². The number of rotatable bonds is 8. The van der Waals surface area contributed by atoms with E-state index >= 15 is 0 Å². The van der Waals surface area contributed by atoms with Crippen LogP contribution in [0.4, 0.5) is 5.69 Å². The molecule has 0 bridgehead atoms. The Morgan fingerprint density at radius 1 is 1.02 bits per heavy atom. The number of carbonyl (C=O) groups excluding carboxylic acids is 1. The van der Waals surface area contributed by atoms with Gasteiger partial charge in [0.25, 0.3) is 5.91 Å². The maximum Gasteiger partial charge on any atom is 0.336 e. The molecule has 1 aliphatic heterocycles. The molecule has 3 aromatic heterocycles. The van der Waals surface area contributed by atoms with Crippen molar-refractivity contribution in [3.63, 3.8) is 0 Å². The number of aromatic nitrogens is 5. The number of hydrogen-bond donors (Lipinski definition) is 2. The standard InChI is InChI=1S/C37H36Cl2N6O4/c1-19-14-24(15-20(2)33(19)39)49-13-6-8-25-26-9-10-29(38)32(31-21(3)42-43(5)22(31)4)34(26)45-12-7-11-44(36(46)35(25)45)23-16-27(37(47)48)28-18-40-41-30(28)17-23/h9-10,14-18H,6-8,11-13H2,1-5H3,(H,40,41)(H,47,48). The minimum Gasteiger partial charge on any atom is -0.494 e. The van der Waals surface area contributed by atoms with Crippen molar-refractivity contribution < 1.29 is 19.4 Å². The molecule has 0 saturated heterocycles. The second-order valence-corrected chi connectivity index (χ2v) is 13.5. The van der Waals surface area contributed by atoms with Crippen LogP contribution in [0.1, 0.15) is 61.8 Å². The fourth-order valence-corrected chi connectivity index (χ4v) is 7.60. The minimum absolute atomic E-state index is 0.0838. The Morgan fingerprint density at radius 3 is 2.47 bits per heavy atom. The third kappa shape index (κ3) is 5.53. The molecule has 49 heavy (non-hydrogen) atoms. The third-order valence-electron chi connectivity index (χ3n) is 9.58. The Hall–Kier alpha value is -4.80. The smallest absolute Gasteiger partial charge is 0.336 e. The van der Waals surface area contributed by atoms with Crippen molar-refractivity contribution >= 4 is 62.6 Å². The number of halogens is 2. The topological polar surface area (TPSA) is 118 Å². The summed E-state index contributed by atoms with van der Waals surface area (Å²) in [5.41, 5.74) is 9.03. The molecule has 0 saturated carbocycles. The Balaban J connectivity index is 1.36. The number of aromatic amines is 1. The van der Waals surface area contributed by atoms with Gasteiger partial charge in [-0.15, -0.1) is 0 Å². The highest BCUT2D eigenvalue weighted by atomic mass is 35.5. The summed E-state index contributed by atoms with van der Waals surface area (Å²) >= 11 is 13.4. The molecule has 3 aromatic carbocycles. The number of aryl methyl sites for hydroxylation is 6. The normalized spacial score (nSPS) is 13.4. The van der Waals surface area contributed by atoms with Gasteiger partial charge in [0.15, 0.2) is 0 Å². The molecule has 4 heterocycles. The zero-order valence-electron chi connectivity index (χ0n) is 27.9. The van der Waals surface area contributed by atoms with Crippen molar-refractivity contribution in [1.82, 2.24) is 24.5 Å². The molecule has 2 N–H and O–H groups in total. The van der Waals surface area contributed by atoms with Crippen molar-refractivity contribution in [2.24, 2.45) is 7.05 Å². The number of nitrogens with one attached hydrogen (secondary N) is 1. The maximum absolute atomic E-state index is 14.9. The fraction of sp³-hybridized carbons (Fsp3) is 0.297. The zero-order valence-corrected chi connectivity index (χ0v) is 29.5. The van der Waals surface area contributed by atoms with E-state index in [0.29, 0.717) is 66.3 Å². The number of anilines is 1. The maximum atomic E-state index is 14.9. The average molecular weight is 700 g/mol. The lowest BCUT2D eigenvalue weighted by Crippen LogP contribution is -2.32. The van der Waals surface area contributed by atoms with E-state index in [9.17, 15) is 14.7 Å². The Kier molecular flexibility index (Phi) is 8.40. The molecular formula is C37H36Cl2N6O4. The molecule has 0 fully saturated rings. The van der Waals surface area contributed by atoms with E-state index in [-0.39, 0.29) is 11.5 Å². The number of aromatic carboxylic acids is 1. The van der Waals surface area contributed by atoms with E-state index in [1.807, 2.05) is 63.7 Å². The summed E-state index contributed by atoms with van der Waals surface area (Å²) in [7, 11) is 1.91. The molecule has 7 rings (SSSR count). The van der Waals surface area contributed by atoms with Crippen LogP contribution in [0, 0.1) is 27.7 Å². The first-order chi connectivity index (χ1) is 23.5. The van der Waals surface area contributed by atoms with Gasteiger partial charge >= 0.3 is 5.97 Å². The molecule has 1 aliphatic rings. The molecule has 6 aromatic rings. The quantitative estimate of drug-likeness (QED) is 0.155. The number of amides is 1. The number of nitrogens with zero attached hydrogens (tertiary/aromatic N) is 5. The van der Waals surface area contributed by atoms with Crippen LogP contribution in [-0.4, -0.2) is 54.7 Å². The third-order valence-corrected chi connectivity index (χ3v) is 10.5. The van der Waals surface area contributed by atoms with E-state index < -0.39 is 5.97 Å². The number of H-pyrrole nitrogens is 1. The van der Waals surface area contributed by atoms with Crippen LogP contribution in [0.5, 0.6) is 5.75 Å². The highest BCUT2D eigenvalue weighted by Crippen LogP contribution is 2.43. The molecule has 252 valence electrons. The summed E-state index contributed by atoms with van der Waals surface area (Å²) in [6.45, 7) is 9.32. The molecule has 12 heteroatoms. The van der Waals surface area contributed by atoms with E-state index in [1.54, 1.807) is 17.0 Å². The van der Waals surface area contributed by atoms with Gasteiger partial charge in [0.05, 0.1) is 40.1 Å². The first-order valence-corrected chi connectivity index (χ1v) is 17.0. The first-order valence-electron chi connectivity index (χ1n) is 16.2. The summed E-state index contributed by atoms with van der Waals surface area (Å²) in [6, 6.07) is 11.1. The molecule has 0 unspecified atom stereocenters. The number of fused-ring (bicyclic) bond motifs is 4. The van der Waals surface area contributed by atoms with Crippen LogP contribution in [0.15, 0.2) is 42.6 Å². The van der Waals surface area contributed by atoms with Gasteiger partial charge in [-0.2, -0.15) is 10.2 Å². The molecule has 0 atom stereocenters. The summed E-state index contributed by atoms with van der Waals surface area (Å²) in [5.74, 6) is -0.536. The Bertz CT molecular complexity index is 2290. The Labute approximate surface area is 293 Å². The van der Waals surface area contributed by atoms with Crippen molar-refractivity contribution in [3.8, 4) is 16.9 Å². The zero-order chi connectivity index (χ0) is 34.7. The van der Waals surface area contributed by atoms with Crippen molar-refractivity contribution in [2.45, 2.75) is 53.5 Å². The molecule has 0 aliphatic carbocycles. The van der Waals surface area contributed by atoms with Gasteiger partial charge < -0.3 is 19.3 Å². The van der Waals surface area contributed by atoms with Crippen LogP contribution in [0.25, 0.3) is 32.9 Å². The summed E-state index contributed by atoms with van der Waals surface area (Å²) < 4.78 is 10.1. The molecule has 0 spiro atoms. The van der Waals surface area contributed by atoms with E-state index in [1.165, 1.54) is 6.20 Å². The van der Waals surface area contributed by atoms with Gasteiger partial charge in [-0.05, 0) is 94.0 Å². The van der Waals surface area contributed by atoms with Gasteiger partial charge in [-0.3, -0.25) is 14.6 Å². The van der Waals surface area contributed by atoms with Gasteiger partial charge in [0, 0.05) is 58.4 Å². The van der Waals surface area contributed by atoms with Crippen molar-refractivity contribution in [1.29, 1.82) is 0 Å². The molecular weight excluding hydrogens is 663 g/mol. The van der Waals surface area contributed by atoms with Crippen molar-refractivity contribution in [3.05, 3.63) is 92.0 Å². The summed E-state index contributed by atoms with van der Waals surface area (Å²) in [4.78, 5) is 28.8. The number of carboxylic acid groups (broad SMARTS) is 1. The van der Waals surface area contributed by atoms with E-state index in [2.05, 4.69) is 19.9 Å². The predicted octanol–water partition coefficient (Wildman–Crippen LogP) is 8.22. The lowest BCUT2D eigenvalue weighted by molar-refractivity contribution is 0.0698. The first kappa shape index (κ1) is 32.7. The highest BCUT2D eigenvalue weighted by Gasteiger charge is 2.33. The second kappa shape index (κ2) is 12.6. The van der Waals surface area contributed by atoms with Crippen LogP contribution in [0.2, 0.25) is 10.0 Å². The molecule has 1 amide bonds. The van der Waals surface area contributed by atoms with E-state index in [4.69, 9.17) is 27.9 Å². The van der Waals surface area contributed by atoms with Crippen LogP contribution in [0.3, 0.4) is 0 Å². The van der Waals surface area contributed by atoms with Crippen LogP contribution >= 0.6 is 23.2 Å². The van der Waals surface area contributed by atoms with Gasteiger partial charge in [-0.25, -0.2) is 4.79 Å². The SMILES string of the molecule is Cc1cc(OCCCc2c3n(c4c(-c5c(C)nn(C)c5C)c(Cl)ccc24)CCCN(c2cc(C(=O)O)c4cn[nH]c4c2)C3=O)cc(C)c1Cl. The molecule has 10 nitrogen and oxygen atoms in total. The molecule has 0 radical (unpaired) electrons. The fourth-order valence-electron chi connectivity index (χ4n) is 7.25. The van der Waals surface area contributed by atoms with Gasteiger partial charge in [-0.1, -0.05) is 29.3 Å². The Morgan fingerprint density at radius 2 is 1.78 bits per heavy atom. The van der Waals surface area contributed by atoms with Gasteiger partial charge in [0.2, 0.25) is 0 Å². The minimum atomic E-state index is -1.09. The number of benzene rings is 3. The lowest BCUT2D eigenvalue weighted by Gasteiger charge is -2.22. The number of carboxylic acids is 1.